The lowest BCUT2D eigenvalue weighted by molar-refractivity contribution is 0.0243. The summed E-state index contributed by atoms with van der Waals surface area (Å²) in [6.45, 7) is 10.3. The summed E-state index contributed by atoms with van der Waals surface area (Å²) in [5.41, 5.74) is -0.0914. The van der Waals surface area contributed by atoms with Gasteiger partial charge in [-0.2, -0.15) is 0 Å². The van der Waals surface area contributed by atoms with Crippen LogP contribution in [0.3, 0.4) is 0 Å². The summed E-state index contributed by atoms with van der Waals surface area (Å²) in [5.74, 6) is 1.37. The third-order valence-corrected chi connectivity index (χ3v) is 5.36. The Morgan fingerprint density at radius 3 is 2.52 bits per heavy atom. The van der Waals surface area contributed by atoms with Crippen molar-refractivity contribution in [3.63, 3.8) is 0 Å². The van der Waals surface area contributed by atoms with Crippen molar-refractivity contribution < 1.29 is 8.95 Å². The van der Waals surface area contributed by atoms with E-state index < -0.39 is 10.8 Å². The molecule has 0 bridgehead atoms. The van der Waals surface area contributed by atoms with Gasteiger partial charge in [0.25, 0.3) is 0 Å². The summed E-state index contributed by atoms with van der Waals surface area (Å²) in [4.78, 5) is 4.18. The molecule has 1 heterocycles. The van der Waals surface area contributed by atoms with Crippen molar-refractivity contribution in [2.24, 2.45) is 4.99 Å². The highest BCUT2D eigenvalue weighted by Gasteiger charge is 2.29. The summed E-state index contributed by atoms with van der Waals surface area (Å²) in [6, 6.07) is 0. The number of guanidine groups is 1. The van der Waals surface area contributed by atoms with Crippen molar-refractivity contribution in [3.05, 3.63) is 0 Å². The molecule has 0 aromatic rings. The van der Waals surface area contributed by atoms with Crippen LogP contribution in [-0.4, -0.2) is 53.0 Å². The van der Waals surface area contributed by atoms with Gasteiger partial charge in [0, 0.05) is 48.0 Å². The highest BCUT2D eigenvalue weighted by Crippen LogP contribution is 2.23. The number of halogens is 1. The zero-order chi connectivity index (χ0) is 15.2. The van der Waals surface area contributed by atoms with E-state index in [1.807, 2.05) is 20.8 Å². The first-order valence-corrected chi connectivity index (χ1v) is 8.56. The van der Waals surface area contributed by atoms with Crippen molar-refractivity contribution in [2.75, 3.05) is 32.5 Å². The van der Waals surface area contributed by atoms with E-state index in [0.29, 0.717) is 12.3 Å². The number of ether oxygens (including phenoxy) is 1. The van der Waals surface area contributed by atoms with Gasteiger partial charge in [-0.25, -0.2) is 0 Å². The van der Waals surface area contributed by atoms with Crippen LogP contribution in [0.4, 0.5) is 0 Å². The molecule has 2 N–H and O–H groups in total. The molecule has 0 amide bonds. The molecule has 1 aliphatic rings. The van der Waals surface area contributed by atoms with Crippen LogP contribution >= 0.6 is 24.0 Å². The summed E-state index contributed by atoms with van der Waals surface area (Å²) in [5, 5.41) is 6.48. The van der Waals surface area contributed by atoms with Gasteiger partial charge in [0.05, 0.1) is 5.60 Å². The van der Waals surface area contributed by atoms with Gasteiger partial charge in [-0.3, -0.25) is 9.20 Å². The molecule has 1 saturated heterocycles. The second-order valence-electron chi connectivity index (χ2n) is 6.42. The quantitative estimate of drug-likeness (QED) is 0.397. The first-order chi connectivity index (χ1) is 9.27. The fraction of sp³-hybridized carbons (Fsp3) is 0.929. The minimum absolute atomic E-state index is 0. The van der Waals surface area contributed by atoms with Gasteiger partial charge in [-0.15, -0.1) is 24.0 Å². The van der Waals surface area contributed by atoms with Gasteiger partial charge < -0.3 is 15.4 Å². The van der Waals surface area contributed by atoms with E-state index in [1.54, 1.807) is 7.05 Å². The molecule has 5 nitrogen and oxygen atoms in total. The maximum absolute atomic E-state index is 11.9. The normalized spacial score (nSPS) is 24.3. The molecular weight excluding hydrogens is 401 g/mol. The fourth-order valence-electron chi connectivity index (χ4n) is 2.04. The zero-order valence-corrected chi connectivity index (χ0v) is 17.0. The first kappa shape index (κ1) is 21.1. The number of hydrogen-bond acceptors (Lipinski definition) is 3. The van der Waals surface area contributed by atoms with Gasteiger partial charge in [-0.05, 0) is 40.5 Å². The molecule has 0 aromatic carbocycles. The molecule has 126 valence electrons. The largest absolute Gasteiger partial charge is 0.373 e. The highest BCUT2D eigenvalue weighted by molar-refractivity contribution is 14.0. The van der Waals surface area contributed by atoms with Crippen LogP contribution in [0.2, 0.25) is 0 Å². The third kappa shape index (κ3) is 7.78. The Bertz CT molecular complexity index is 364. The minimum Gasteiger partial charge on any atom is -0.373 e. The van der Waals surface area contributed by atoms with Crippen molar-refractivity contribution in [1.29, 1.82) is 0 Å². The van der Waals surface area contributed by atoms with E-state index in [0.717, 1.165) is 32.0 Å². The Hall–Kier alpha value is 0.110. The van der Waals surface area contributed by atoms with E-state index in [9.17, 15) is 4.21 Å². The van der Waals surface area contributed by atoms with Gasteiger partial charge in [-0.1, -0.05) is 0 Å². The molecule has 0 saturated carbocycles. The average molecular weight is 431 g/mol. The summed E-state index contributed by atoms with van der Waals surface area (Å²) >= 11 is 0. The Morgan fingerprint density at radius 1 is 1.38 bits per heavy atom. The molecule has 0 aliphatic carbocycles. The predicted octanol–water partition coefficient (Wildman–Crippen LogP) is 1.89. The number of nitrogens with one attached hydrogen (secondary N) is 2. The van der Waals surface area contributed by atoms with Gasteiger partial charge in [0.15, 0.2) is 5.96 Å². The van der Waals surface area contributed by atoms with Crippen molar-refractivity contribution in [2.45, 2.75) is 50.9 Å². The Morgan fingerprint density at radius 2 is 2.05 bits per heavy atom. The molecule has 21 heavy (non-hydrogen) atoms. The van der Waals surface area contributed by atoms with Crippen LogP contribution in [0.1, 0.15) is 40.5 Å². The van der Waals surface area contributed by atoms with Crippen LogP contribution in [0.15, 0.2) is 4.99 Å². The summed E-state index contributed by atoms with van der Waals surface area (Å²) in [7, 11) is 0.904. The molecular formula is C14H30IN3O2S. The van der Waals surface area contributed by atoms with E-state index in [1.165, 1.54) is 0 Å². The maximum Gasteiger partial charge on any atom is 0.191 e. The predicted molar refractivity (Wildman–Crippen MR) is 101 cm³/mol. The van der Waals surface area contributed by atoms with E-state index in [4.69, 9.17) is 4.74 Å². The molecule has 1 fully saturated rings. The minimum atomic E-state index is -0.840. The van der Waals surface area contributed by atoms with E-state index in [-0.39, 0.29) is 34.3 Å². The lowest BCUT2D eigenvalue weighted by Crippen LogP contribution is -2.46. The fourth-order valence-corrected chi connectivity index (χ4v) is 2.94. The van der Waals surface area contributed by atoms with Crippen LogP contribution in [0, 0.1) is 0 Å². The Kier molecular flexibility index (Phi) is 9.34. The van der Waals surface area contributed by atoms with Crippen LogP contribution < -0.4 is 10.6 Å². The highest BCUT2D eigenvalue weighted by atomic mass is 127. The van der Waals surface area contributed by atoms with Gasteiger partial charge >= 0.3 is 0 Å². The third-order valence-electron chi connectivity index (χ3n) is 3.42. The Labute approximate surface area is 148 Å². The van der Waals surface area contributed by atoms with Crippen LogP contribution in [-0.2, 0) is 15.5 Å². The molecule has 2 atom stereocenters. The summed E-state index contributed by atoms with van der Waals surface area (Å²) in [6.07, 6.45) is 2.19. The van der Waals surface area contributed by atoms with Crippen molar-refractivity contribution in [1.82, 2.24) is 10.6 Å². The Balaban J connectivity index is 0.00000400. The van der Waals surface area contributed by atoms with Gasteiger partial charge in [0.2, 0.25) is 0 Å². The smallest absolute Gasteiger partial charge is 0.191 e. The first-order valence-electron chi connectivity index (χ1n) is 7.24. The monoisotopic (exact) mass is 431 g/mol. The topological polar surface area (TPSA) is 62.7 Å². The molecule has 0 aromatic heterocycles. The van der Waals surface area contributed by atoms with E-state index >= 15 is 0 Å². The van der Waals surface area contributed by atoms with Crippen molar-refractivity contribution in [3.8, 4) is 0 Å². The molecule has 0 radical (unpaired) electrons. The van der Waals surface area contributed by atoms with Crippen LogP contribution in [0.5, 0.6) is 0 Å². The zero-order valence-electron chi connectivity index (χ0n) is 13.8. The standard InChI is InChI=1S/C14H29N3O2S.HI/c1-13(2,3)20(18)10-8-16-12(15-5)17-11-14(4)7-6-9-19-14;/h6-11H2,1-5H3,(H2,15,16,17);1H. The number of aliphatic imine (C=N–C) groups is 1. The molecule has 7 heteroatoms. The lowest BCUT2D eigenvalue weighted by atomic mass is 10.0. The molecule has 1 aliphatic heterocycles. The lowest BCUT2D eigenvalue weighted by Gasteiger charge is -2.25. The molecule has 0 spiro atoms. The van der Waals surface area contributed by atoms with Crippen molar-refractivity contribution >= 4 is 40.7 Å². The SMILES string of the molecule is CN=C(NCCS(=O)C(C)(C)C)NCC1(C)CCCO1.I. The number of rotatable bonds is 5. The van der Waals surface area contributed by atoms with Crippen LogP contribution in [0.25, 0.3) is 0 Å². The van der Waals surface area contributed by atoms with E-state index in [2.05, 4.69) is 22.5 Å². The van der Waals surface area contributed by atoms with Gasteiger partial charge in [0.1, 0.15) is 0 Å². The number of hydrogen-bond donors (Lipinski definition) is 2. The number of nitrogens with zero attached hydrogens (tertiary/aromatic N) is 1. The molecule has 2 unspecified atom stereocenters. The average Bonchev–Trinajstić information content (AvgIpc) is 2.79. The second-order valence-corrected chi connectivity index (χ2v) is 8.74. The maximum atomic E-state index is 11.9. The summed E-state index contributed by atoms with van der Waals surface area (Å²) < 4.78 is 17.5. The molecule has 1 rings (SSSR count). The second kappa shape index (κ2) is 9.29.